The Bertz CT molecular complexity index is 739. The highest BCUT2D eigenvalue weighted by Crippen LogP contribution is 2.39. The van der Waals surface area contributed by atoms with Gasteiger partial charge in [-0.1, -0.05) is 67.4 Å². The van der Waals surface area contributed by atoms with Crippen molar-refractivity contribution in [3.8, 4) is 0 Å². The van der Waals surface area contributed by atoms with Gasteiger partial charge in [0.05, 0.1) is 0 Å². The van der Waals surface area contributed by atoms with Crippen LogP contribution in [0.15, 0.2) is 54.6 Å². The molecule has 3 aromatic carbocycles. The lowest BCUT2D eigenvalue weighted by atomic mass is 9.90. The van der Waals surface area contributed by atoms with E-state index in [1.807, 2.05) is 0 Å². The molecule has 0 N–H and O–H groups in total. The van der Waals surface area contributed by atoms with Gasteiger partial charge in [0.2, 0.25) is 0 Å². The molecule has 0 heteroatoms. The summed E-state index contributed by atoms with van der Waals surface area (Å²) in [6, 6.07) is 20.2. The van der Waals surface area contributed by atoms with Crippen molar-refractivity contribution in [3.63, 3.8) is 0 Å². The average Bonchev–Trinajstić information content (AvgIpc) is 3.00. The summed E-state index contributed by atoms with van der Waals surface area (Å²) in [6.07, 6.45) is 5.53. The highest BCUT2D eigenvalue weighted by Gasteiger charge is 2.19. The zero-order chi connectivity index (χ0) is 12.7. The van der Waals surface area contributed by atoms with Crippen LogP contribution in [0.5, 0.6) is 0 Å². The molecule has 1 aliphatic rings. The molecule has 0 saturated heterocycles. The highest BCUT2D eigenvalue weighted by molar-refractivity contribution is 6.08. The number of hydrogen-bond acceptors (Lipinski definition) is 0. The summed E-state index contributed by atoms with van der Waals surface area (Å²) in [5.41, 5.74) is 1.57. The standard InChI is InChI=1S/C19H18/c1-2-7-14(6-1)17-10-5-11-18-16-9-4-3-8-15(16)12-13-19(17)18/h3-5,8-14H,1-2,6-7H2/p+1. The Balaban J connectivity index is 0.00000121. The highest BCUT2D eigenvalue weighted by atomic mass is 14.2. The van der Waals surface area contributed by atoms with Crippen LogP contribution in [-0.2, 0) is 0 Å². The van der Waals surface area contributed by atoms with Crippen molar-refractivity contribution < 1.29 is 1.43 Å². The van der Waals surface area contributed by atoms with Crippen molar-refractivity contribution in [1.29, 1.82) is 0 Å². The molecule has 1 saturated carbocycles. The Morgan fingerprint density at radius 2 is 1.47 bits per heavy atom. The van der Waals surface area contributed by atoms with Crippen molar-refractivity contribution in [2.75, 3.05) is 0 Å². The topological polar surface area (TPSA) is 0 Å². The maximum atomic E-state index is 2.34. The van der Waals surface area contributed by atoms with Crippen molar-refractivity contribution in [1.82, 2.24) is 0 Å². The molecule has 3 aromatic rings. The second kappa shape index (κ2) is 4.38. The molecule has 94 valence electrons. The van der Waals surface area contributed by atoms with Crippen molar-refractivity contribution in [2.24, 2.45) is 0 Å². The van der Waals surface area contributed by atoms with Crippen molar-refractivity contribution >= 4 is 21.5 Å². The van der Waals surface area contributed by atoms with Crippen LogP contribution < -0.4 is 0 Å². The second-order valence-electron chi connectivity index (χ2n) is 5.71. The first-order valence-corrected chi connectivity index (χ1v) is 7.34. The average molecular weight is 247 g/mol. The van der Waals surface area contributed by atoms with E-state index in [1.165, 1.54) is 47.2 Å². The predicted molar refractivity (Wildman–Crippen MR) is 83.8 cm³/mol. The quantitative estimate of drug-likeness (QED) is 0.479. The molecule has 0 spiro atoms. The maximum absolute atomic E-state index is 2.34. The Labute approximate surface area is 115 Å². The van der Waals surface area contributed by atoms with Crippen molar-refractivity contribution in [3.05, 3.63) is 60.2 Å². The monoisotopic (exact) mass is 247 g/mol. The first-order chi connectivity index (χ1) is 9.43. The smallest absolute Gasteiger partial charge is 0.0616 e. The SMILES string of the molecule is [H+].c1ccc2c(c1)ccc1c(C3CCCC3)cccc12. The van der Waals surface area contributed by atoms with E-state index in [0.717, 1.165) is 5.92 Å². The van der Waals surface area contributed by atoms with Crippen LogP contribution in [0.2, 0.25) is 0 Å². The normalized spacial score (nSPS) is 16.4. The number of benzene rings is 3. The summed E-state index contributed by atoms with van der Waals surface area (Å²) >= 11 is 0. The van der Waals surface area contributed by atoms with Crippen LogP contribution >= 0.6 is 0 Å². The summed E-state index contributed by atoms with van der Waals surface area (Å²) < 4.78 is 0. The van der Waals surface area contributed by atoms with Crippen LogP contribution in [0.4, 0.5) is 0 Å². The number of rotatable bonds is 1. The minimum atomic E-state index is 0. The summed E-state index contributed by atoms with van der Waals surface area (Å²) in [4.78, 5) is 0. The Hall–Kier alpha value is -1.82. The van der Waals surface area contributed by atoms with E-state index in [0.29, 0.717) is 0 Å². The number of hydrogen-bond donors (Lipinski definition) is 0. The van der Waals surface area contributed by atoms with E-state index in [9.17, 15) is 0 Å². The van der Waals surface area contributed by atoms with Gasteiger partial charge in [0.15, 0.2) is 0 Å². The molecule has 4 rings (SSSR count). The lowest BCUT2D eigenvalue weighted by Crippen LogP contribution is -1.93. The predicted octanol–water partition coefficient (Wildman–Crippen LogP) is 5.76. The zero-order valence-corrected chi connectivity index (χ0v) is 11.1. The van der Waals surface area contributed by atoms with Gasteiger partial charge in [-0.05, 0) is 45.9 Å². The molecule has 0 nitrogen and oxygen atoms in total. The molecular weight excluding hydrogens is 228 g/mol. The van der Waals surface area contributed by atoms with Crippen LogP contribution in [0.25, 0.3) is 21.5 Å². The third-order valence-electron chi connectivity index (χ3n) is 4.62. The van der Waals surface area contributed by atoms with Crippen LogP contribution in [0, 0.1) is 0 Å². The molecule has 0 atom stereocenters. The lowest BCUT2D eigenvalue weighted by molar-refractivity contribution is 0.729. The Morgan fingerprint density at radius 1 is 0.684 bits per heavy atom. The molecule has 1 fully saturated rings. The Kier molecular flexibility index (Phi) is 2.55. The van der Waals surface area contributed by atoms with E-state index < -0.39 is 0 Å². The third-order valence-corrected chi connectivity index (χ3v) is 4.62. The fourth-order valence-corrected chi connectivity index (χ4v) is 3.66. The molecule has 0 aliphatic heterocycles. The van der Waals surface area contributed by atoms with Gasteiger partial charge >= 0.3 is 1.43 Å². The van der Waals surface area contributed by atoms with Crippen molar-refractivity contribution in [2.45, 2.75) is 31.6 Å². The first-order valence-electron chi connectivity index (χ1n) is 7.34. The molecule has 0 unspecified atom stereocenters. The van der Waals surface area contributed by atoms with Gasteiger partial charge in [-0.2, -0.15) is 0 Å². The Morgan fingerprint density at radius 3 is 2.37 bits per heavy atom. The lowest BCUT2D eigenvalue weighted by Gasteiger charge is -2.14. The minimum Gasteiger partial charge on any atom is -0.0616 e. The van der Waals surface area contributed by atoms with Gasteiger partial charge in [-0.15, -0.1) is 0 Å². The number of fused-ring (bicyclic) bond motifs is 3. The first kappa shape index (κ1) is 11.0. The minimum absolute atomic E-state index is 0. The van der Waals surface area contributed by atoms with Gasteiger partial charge in [0.25, 0.3) is 0 Å². The third kappa shape index (κ3) is 1.74. The molecule has 0 radical (unpaired) electrons. The van der Waals surface area contributed by atoms with Crippen LogP contribution in [0.1, 0.15) is 38.6 Å². The van der Waals surface area contributed by atoms with E-state index >= 15 is 0 Å². The molecule has 0 aromatic heterocycles. The summed E-state index contributed by atoms with van der Waals surface area (Å²) in [5, 5.41) is 5.62. The zero-order valence-electron chi connectivity index (χ0n) is 12.1. The molecule has 19 heavy (non-hydrogen) atoms. The second-order valence-corrected chi connectivity index (χ2v) is 5.71. The summed E-state index contributed by atoms with van der Waals surface area (Å²) in [5.74, 6) is 0.782. The summed E-state index contributed by atoms with van der Waals surface area (Å²) in [6.45, 7) is 0. The fraction of sp³-hybridized carbons (Fsp3) is 0.263. The van der Waals surface area contributed by atoms with Gasteiger partial charge in [0.1, 0.15) is 0 Å². The molecule has 0 amide bonds. The van der Waals surface area contributed by atoms with E-state index in [1.54, 1.807) is 5.56 Å². The molecular formula is C19H19+. The van der Waals surface area contributed by atoms with Crippen LogP contribution in [0.3, 0.4) is 0 Å². The van der Waals surface area contributed by atoms with Crippen LogP contribution in [-0.4, -0.2) is 0 Å². The summed E-state index contributed by atoms with van der Waals surface area (Å²) in [7, 11) is 0. The van der Waals surface area contributed by atoms with Gasteiger partial charge in [-0.3, -0.25) is 0 Å². The maximum Gasteiger partial charge on any atom is 1.00 e. The van der Waals surface area contributed by atoms with Gasteiger partial charge in [0, 0.05) is 0 Å². The van der Waals surface area contributed by atoms with Gasteiger partial charge < -0.3 is 0 Å². The fourth-order valence-electron chi connectivity index (χ4n) is 3.66. The van der Waals surface area contributed by atoms with E-state index in [2.05, 4.69) is 54.6 Å². The molecule has 1 aliphatic carbocycles. The molecule has 0 heterocycles. The van der Waals surface area contributed by atoms with E-state index in [-0.39, 0.29) is 1.43 Å². The largest absolute Gasteiger partial charge is 1.00 e. The van der Waals surface area contributed by atoms with E-state index in [4.69, 9.17) is 0 Å². The molecule has 0 bridgehead atoms. The van der Waals surface area contributed by atoms with Gasteiger partial charge in [-0.25, -0.2) is 0 Å².